The molecule has 4 heteroatoms. The summed E-state index contributed by atoms with van der Waals surface area (Å²) in [5.41, 5.74) is 1.91. The topological polar surface area (TPSA) is 55.1 Å². The van der Waals surface area contributed by atoms with E-state index in [2.05, 4.69) is 4.98 Å². The maximum atomic E-state index is 10.9. The van der Waals surface area contributed by atoms with Crippen molar-refractivity contribution in [2.24, 2.45) is 0 Å². The summed E-state index contributed by atoms with van der Waals surface area (Å²) in [5.74, 6) is -0.912. The molecule has 1 heterocycles. The summed E-state index contributed by atoms with van der Waals surface area (Å²) in [5, 5.41) is 8.97. The van der Waals surface area contributed by atoms with Crippen molar-refractivity contribution in [1.29, 1.82) is 0 Å². The Morgan fingerprint density at radius 1 is 1.38 bits per heavy atom. The van der Waals surface area contributed by atoms with E-state index in [0.717, 1.165) is 11.3 Å². The zero-order chi connectivity index (χ0) is 11.5. The Kier molecular flexibility index (Phi) is 2.72. The zero-order valence-corrected chi connectivity index (χ0v) is 8.92. The summed E-state index contributed by atoms with van der Waals surface area (Å²) in [7, 11) is 0. The Hall–Kier alpha value is -2.10. The molecule has 2 aromatic rings. The normalized spacial score (nSPS) is 10.3. The second-order valence-electron chi connectivity index (χ2n) is 3.60. The number of aromatic nitrogens is 2. The number of imidazole rings is 1. The Labute approximate surface area is 93.2 Å². The molecule has 4 nitrogen and oxygen atoms in total. The lowest BCUT2D eigenvalue weighted by atomic mass is 10.2. The van der Waals surface area contributed by atoms with Crippen molar-refractivity contribution in [2.45, 2.75) is 13.5 Å². The molecule has 1 aromatic heterocycles. The number of hydrogen-bond donors (Lipinski definition) is 1. The quantitative estimate of drug-likeness (QED) is 0.853. The SMILES string of the molecule is Cc1cnc(C(=O)O)n1Cc1ccccc1. The summed E-state index contributed by atoms with van der Waals surface area (Å²) in [6.45, 7) is 2.39. The van der Waals surface area contributed by atoms with Crippen molar-refractivity contribution in [3.8, 4) is 0 Å². The summed E-state index contributed by atoms with van der Waals surface area (Å²) in [6.07, 6.45) is 1.58. The van der Waals surface area contributed by atoms with Crippen LogP contribution in [-0.4, -0.2) is 20.6 Å². The van der Waals surface area contributed by atoms with Crippen molar-refractivity contribution in [2.75, 3.05) is 0 Å². The van der Waals surface area contributed by atoms with Gasteiger partial charge in [-0.3, -0.25) is 0 Å². The molecule has 0 aliphatic heterocycles. The average molecular weight is 216 g/mol. The van der Waals surface area contributed by atoms with Gasteiger partial charge < -0.3 is 9.67 Å². The van der Waals surface area contributed by atoms with E-state index in [9.17, 15) is 4.79 Å². The maximum absolute atomic E-state index is 10.9. The fraction of sp³-hybridized carbons (Fsp3) is 0.167. The molecule has 0 fully saturated rings. The van der Waals surface area contributed by atoms with E-state index in [1.165, 1.54) is 0 Å². The summed E-state index contributed by atoms with van der Waals surface area (Å²) >= 11 is 0. The minimum absolute atomic E-state index is 0.0846. The first-order chi connectivity index (χ1) is 7.68. The van der Waals surface area contributed by atoms with Gasteiger partial charge in [-0.2, -0.15) is 0 Å². The van der Waals surface area contributed by atoms with Gasteiger partial charge in [0.1, 0.15) is 0 Å². The first kappa shape index (κ1) is 10.4. The summed E-state index contributed by atoms with van der Waals surface area (Å²) < 4.78 is 1.69. The van der Waals surface area contributed by atoms with Crippen LogP contribution in [0.4, 0.5) is 0 Å². The Bertz CT molecular complexity index is 503. The van der Waals surface area contributed by atoms with Crippen LogP contribution in [0.1, 0.15) is 21.9 Å². The highest BCUT2D eigenvalue weighted by molar-refractivity contribution is 5.83. The third kappa shape index (κ3) is 1.95. The standard InChI is InChI=1S/C12H12N2O2/c1-9-7-13-11(12(15)16)14(9)8-10-5-3-2-4-6-10/h2-7H,8H2,1H3,(H,15,16). The minimum Gasteiger partial charge on any atom is -0.475 e. The summed E-state index contributed by atoms with van der Waals surface area (Å²) in [4.78, 5) is 14.8. The highest BCUT2D eigenvalue weighted by Crippen LogP contribution is 2.09. The molecule has 0 unspecified atom stereocenters. The Balaban J connectivity index is 2.34. The number of carboxylic acids is 1. The van der Waals surface area contributed by atoms with E-state index in [1.807, 2.05) is 37.3 Å². The molecule has 1 N–H and O–H groups in total. The van der Waals surface area contributed by atoms with Crippen LogP contribution in [0.15, 0.2) is 36.5 Å². The predicted octanol–water partition coefficient (Wildman–Crippen LogP) is 1.94. The molecule has 0 amide bonds. The maximum Gasteiger partial charge on any atom is 0.372 e. The van der Waals surface area contributed by atoms with Gasteiger partial charge in [0.2, 0.25) is 5.82 Å². The smallest absolute Gasteiger partial charge is 0.372 e. The number of aromatic carboxylic acids is 1. The van der Waals surface area contributed by atoms with Gasteiger partial charge in [0, 0.05) is 18.4 Å². The van der Waals surface area contributed by atoms with Crippen molar-refractivity contribution < 1.29 is 9.90 Å². The van der Waals surface area contributed by atoms with Crippen LogP contribution in [0.25, 0.3) is 0 Å². The van der Waals surface area contributed by atoms with Crippen LogP contribution < -0.4 is 0 Å². The Morgan fingerprint density at radius 3 is 2.69 bits per heavy atom. The molecule has 0 aliphatic rings. The number of carbonyl (C=O) groups is 1. The molecule has 0 bridgehead atoms. The van der Waals surface area contributed by atoms with Crippen LogP contribution in [0.5, 0.6) is 0 Å². The molecule has 16 heavy (non-hydrogen) atoms. The van der Waals surface area contributed by atoms with Gasteiger partial charge in [-0.05, 0) is 12.5 Å². The highest BCUT2D eigenvalue weighted by Gasteiger charge is 2.13. The van der Waals surface area contributed by atoms with E-state index in [4.69, 9.17) is 5.11 Å². The number of benzene rings is 1. The third-order valence-electron chi connectivity index (χ3n) is 2.43. The van der Waals surface area contributed by atoms with Gasteiger partial charge in [0.15, 0.2) is 0 Å². The van der Waals surface area contributed by atoms with Gasteiger partial charge in [-0.15, -0.1) is 0 Å². The largest absolute Gasteiger partial charge is 0.475 e. The molecule has 0 aliphatic carbocycles. The second kappa shape index (κ2) is 4.18. The van der Waals surface area contributed by atoms with E-state index in [1.54, 1.807) is 10.8 Å². The fourth-order valence-corrected chi connectivity index (χ4v) is 1.60. The minimum atomic E-state index is -0.996. The average Bonchev–Trinajstić information content (AvgIpc) is 2.62. The van der Waals surface area contributed by atoms with E-state index in [-0.39, 0.29) is 5.82 Å². The van der Waals surface area contributed by atoms with E-state index < -0.39 is 5.97 Å². The van der Waals surface area contributed by atoms with E-state index in [0.29, 0.717) is 6.54 Å². The molecule has 0 spiro atoms. The number of hydrogen-bond acceptors (Lipinski definition) is 2. The van der Waals surface area contributed by atoms with Crippen molar-refractivity contribution in [3.63, 3.8) is 0 Å². The Morgan fingerprint density at radius 2 is 2.06 bits per heavy atom. The lowest BCUT2D eigenvalue weighted by Gasteiger charge is -2.07. The van der Waals surface area contributed by atoms with Gasteiger partial charge in [0.25, 0.3) is 0 Å². The van der Waals surface area contributed by atoms with Crippen LogP contribution in [0.2, 0.25) is 0 Å². The number of nitrogens with zero attached hydrogens (tertiary/aromatic N) is 2. The first-order valence-corrected chi connectivity index (χ1v) is 4.98. The van der Waals surface area contributed by atoms with Gasteiger partial charge in [-0.25, -0.2) is 9.78 Å². The number of aryl methyl sites for hydroxylation is 1. The van der Waals surface area contributed by atoms with Crippen molar-refractivity contribution in [3.05, 3.63) is 53.6 Å². The lowest BCUT2D eigenvalue weighted by molar-refractivity contribution is 0.0678. The molecule has 1 aromatic carbocycles. The molecular formula is C12H12N2O2. The van der Waals surface area contributed by atoms with Gasteiger partial charge in [-0.1, -0.05) is 30.3 Å². The molecule has 0 saturated heterocycles. The monoisotopic (exact) mass is 216 g/mol. The molecule has 0 radical (unpaired) electrons. The number of carboxylic acid groups (broad SMARTS) is 1. The molecule has 2 rings (SSSR count). The third-order valence-corrected chi connectivity index (χ3v) is 2.43. The fourth-order valence-electron chi connectivity index (χ4n) is 1.60. The van der Waals surface area contributed by atoms with Crippen LogP contribution in [-0.2, 0) is 6.54 Å². The lowest BCUT2D eigenvalue weighted by Crippen LogP contribution is -2.11. The molecule has 0 saturated carbocycles. The number of rotatable bonds is 3. The predicted molar refractivity (Wildman–Crippen MR) is 59.5 cm³/mol. The molecular weight excluding hydrogens is 204 g/mol. The van der Waals surface area contributed by atoms with E-state index >= 15 is 0 Å². The summed E-state index contributed by atoms with van der Waals surface area (Å²) in [6, 6.07) is 9.72. The molecule has 0 atom stereocenters. The van der Waals surface area contributed by atoms with Gasteiger partial charge in [0.05, 0.1) is 0 Å². The van der Waals surface area contributed by atoms with Crippen molar-refractivity contribution in [1.82, 2.24) is 9.55 Å². The zero-order valence-electron chi connectivity index (χ0n) is 8.92. The highest BCUT2D eigenvalue weighted by atomic mass is 16.4. The van der Waals surface area contributed by atoms with Gasteiger partial charge >= 0.3 is 5.97 Å². The van der Waals surface area contributed by atoms with Crippen LogP contribution in [0.3, 0.4) is 0 Å². The first-order valence-electron chi connectivity index (χ1n) is 4.98. The van der Waals surface area contributed by atoms with Crippen LogP contribution in [0, 0.1) is 6.92 Å². The van der Waals surface area contributed by atoms with Crippen LogP contribution >= 0.6 is 0 Å². The van der Waals surface area contributed by atoms with Crippen molar-refractivity contribution >= 4 is 5.97 Å². The molecule has 82 valence electrons. The second-order valence-corrected chi connectivity index (χ2v) is 3.60.